The molecule has 0 aliphatic carbocycles. The number of nitro groups is 1. The van der Waals surface area contributed by atoms with E-state index in [0.29, 0.717) is 5.56 Å². The Bertz CT molecular complexity index is 379. The zero-order valence-corrected chi connectivity index (χ0v) is 8.48. The Morgan fingerprint density at radius 1 is 1.47 bits per heavy atom. The van der Waals surface area contributed by atoms with Gasteiger partial charge in [-0.1, -0.05) is 12.1 Å². The van der Waals surface area contributed by atoms with Crippen molar-refractivity contribution in [3.63, 3.8) is 0 Å². The number of thiol groups is 1. The van der Waals surface area contributed by atoms with E-state index < -0.39 is 16.1 Å². The standard InChI is InChI=1S/C8H9N3O3S/c9-10-8(12)7(15)5-1-3-6(4-2-5)11(13)14/h1-4,7,15H,9H2,(H,10,12). The molecule has 1 aromatic rings. The van der Waals surface area contributed by atoms with Gasteiger partial charge >= 0.3 is 0 Å². The molecule has 0 saturated heterocycles. The van der Waals surface area contributed by atoms with Gasteiger partial charge in [0, 0.05) is 12.1 Å². The van der Waals surface area contributed by atoms with Gasteiger partial charge in [0.2, 0.25) is 0 Å². The number of amides is 1. The fourth-order valence-corrected chi connectivity index (χ4v) is 1.26. The average Bonchev–Trinajstić information content (AvgIpc) is 2.27. The maximum atomic E-state index is 11.1. The highest BCUT2D eigenvalue weighted by molar-refractivity contribution is 7.81. The van der Waals surface area contributed by atoms with E-state index in [1.807, 2.05) is 5.43 Å². The number of nitrogens with two attached hydrogens (primary N) is 1. The highest BCUT2D eigenvalue weighted by Crippen LogP contribution is 2.22. The van der Waals surface area contributed by atoms with E-state index in [0.717, 1.165) is 0 Å². The third-order valence-electron chi connectivity index (χ3n) is 1.81. The Balaban J connectivity index is 2.89. The molecule has 1 rings (SSSR count). The van der Waals surface area contributed by atoms with Crippen LogP contribution in [0.25, 0.3) is 0 Å². The van der Waals surface area contributed by atoms with E-state index in [1.54, 1.807) is 0 Å². The van der Waals surface area contributed by atoms with Crippen LogP contribution in [-0.2, 0) is 4.79 Å². The van der Waals surface area contributed by atoms with Crippen LogP contribution in [0.2, 0.25) is 0 Å². The molecule has 0 spiro atoms. The quantitative estimate of drug-likeness (QED) is 0.231. The molecule has 0 saturated carbocycles. The van der Waals surface area contributed by atoms with Crippen LogP contribution in [-0.4, -0.2) is 10.8 Å². The minimum Gasteiger partial charge on any atom is -0.293 e. The summed E-state index contributed by atoms with van der Waals surface area (Å²) in [4.78, 5) is 20.9. The molecule has 6 nitrogen and oxygen atoms in total. The van der Waals surface area contributed by atoms with E-state index in [4.69, 9.17) is 5.84 Å². The third-order valence-corrected chi connectivity index (χ3v) is 2.34. The van der Waals surface area contributed by atoms with E-state index >= 15 is 0 Å². The van der Waals surface area contributed by atoms with Gasteiger partial charge in [-0.15, -0.1) is 0 Å². The number of nitro benzene ring substituents is 1. The van der Waals surface area contributed by atoms with Crippen molar-refractivity contribution in [2.24, 2.45) is 5.84 Å². The molecule has 1 aromatic carbocycles. The summed E-state index contributed by atoms with van der Waals surface area (Å²) in [6.07, 6.45) is 0. The van der Waals surface area contributed by atoms with Crippen LogP contribution < -0.4 is 11.3 Å². The van der Waals surface area contributed by atoms with Crippen molar-refractivity contribution in [3.05, 3.63) is 39.9 Å². The first kappa shape index (κ1) is 11.5. The van der Waals surface area contributed by atoms with Gasteiger partial charge in [-0.25, -0.2) is 5.84 Å². The normalized spacial score (nSPS) is 11.9. The second-order valence-corrected chi connectivity index (χ2v) is 3.28. The smallest absolute Gasteiger partial charge is 0.269 e. The Labute approximate surface area is 91.0 Å². The third kappa shape index (κ3) is 2.67. The van der Waals surface area contributed by atoms with Crippen LogP contribution >= 0.6 is 12.6 Å². The number of nitrogens with zero attached hydrogens (tertiary/aromatic N) is 1. The minimum absolute atomic E-state index is 0.0348. The summed E-state index contributed by atoms with van der Waals surface area (Å²) >= 11 is 4.02. The average molecular weight is 227 g/mol. The first-order chi connectivity index (χ1) is 7.06. The predicted molar refractivity (Wildman–Crippen MR) is 57.2 cm³/mol. The van der Waals surface area contributed by atoms with Gasteiger partial charge < -0.3 is 0 Å². The number of non-ortho nitro benzene ring substituents is 1. The van der Waals surface area contributed by atoms with Crippen molar-refractivity contribution in [1.82, 2.24) is 5.43 Å². The number of hydrazine groups is 1. The molecular formula is C8H9N3O3S. The highest BCUT2D eigenvalue weighted by Gasteiger charge is 2.15. The van der Waals surface area contributed by atoms with Gasteiger partial charge in [-0.05, 0) is 5.56 Å². The van der Waals surface area contributed by atoms with Crippen LogP contribution in [0.5, 0.6) is 0 Å². The molecule has 1 unspecified atom stereocenters. The fourth-order valence-electron chi connectivity index (χ4n) is 1.01. The summed E-state index contributed by atoms with van der Waals surface area (Å²) in [6, 6.07) is 5.54. The molecule has 1 atom stereocenters. The maximum Gasteiger partial charge on any atom is 0.269 e. The number of carbonyl (C=O) groups is 1. The monoisotopic (exact) mass is 227 g/mol. The SMILES string of the molecule is NNC(=O)C(S)c1ccc([N+](=O)[O-])cc1. The fraction of sp³-hybridized carbons (Fsp3) is 0.125. The van der Waals surface area contributed by atoms with Gasteiger partial charge in [0.25, 0.3) is 11.6 Å². The highest BCUT2D eigenvalue weighted by atomic mass is 32.1. The predicted octanol–water partition coefficient (Wildman–Crippen LogP) is 0.556. The van der Waals surface area contributed by atoms with Crippen LogP contribution in [0.1, 0.15) is 10.8 Å². The topological polar surface area (TPSA) is 98.3 Å². The molecule has 7 heteroatoms. The number of rotatable bonds is 3. The Hall–Kier alpha value is -1.60. The lowest BCUT2D eigenvalue weighted by Crippen LogP contribution is -2.32. The number of benzene rings is 1. The van der Waals surface area contributed by atoms with Crippen molar-refractivity contribution < 1.29 is 9.72 Å². The van der Waals surface area contributed by atoms with Gasteiger partial charge in [0.1, 0.15) is 5.25 Å². The molecule has 3 N–H and O–H groups in total. The van der Waals surface area contributed by atoms with Crippen molar-refractivity contribution in [3.8, 4) is 0 Å². The van der Waals surface area contributed by atoms with Crippen LogP contribution in [0.3, 0.4) is 0 Å². The Morgan fingerprint density at radius 2 is 2.00 bits per heavy atom. The lowest BCUT2D eigenvalue weighted by molar-refractivity contribution is -0.384. The summed E-state index contributed by atoms with van der Waals surface area (Å²) < 4.78 is 0. The molecule has 15 heavy (non-hydrogen) atoms. The zero-order chi connectivity index (χ0) is 11.4. The largest absolute Gasteiger partial charge is 0.293 e. The van der Waals surface area contributed by atoms with Crippen molar-refractivity contribution in [2.75, 3.05) is 0 Å². The Morgan fingerprint density at radius 3 is 2.40 bits per heavy atom. The van der Waals surface area contributed by atoms with Crippen LogP contribution in [0, 0.1) is 10.1 Å². The lowest BCUT2D eigenvalue weighted by Gasteiger charge is -2.08. The molecule has 0 aliphatic heterocycles. The number of hydrogen-bond donors (Lipinski definition) is 3. The molecule has 0 heterocycles. The van der Waals surface area contributed by atoms with Gasteiger partial charge in [0.05, 0.1) is 4.92 Å². The summed E-state index contributed by atoms with van der Waals surface area (Å²) in [5.41, 5.74) is 2.46. The molecular weight excluding hydrogens is 218 g/mol. The van der Waals surface area contributed by atoms with Gasteiger partial charge in [0.15, 0.2) is 0 Å². The zero-order valence-electron chi connectivity index (χ0n) is 7.58. The lowest BCUT2D eigenvalue weighted by atomic mass is 10.1. The number of nitrogens with one attached hydrogen (secondary N) is 1. The molecule has 0 aromatic heterocycles. The summed E-state index contributed by atoms with van der Waals surface area (Å²) in [5, 5.41) is 9.63. The first-order valence-corrected chi connectivity index (χ1v) is 4.50. The number of hydrogen-bond acceptors (Lipinski definition) is 5. The summed E-state index contributed by atoms with van der Waals surface area (Å²) in [5.74, 6) is 4.47. The van der Waals surface area contributed by atoms with Crippen molar-refractivity contribution in [1.29, 1.82) is 0 Å². The molecule has 0 fully saturated rings. The van der Waals surface area contributed by atoms with E-state index in [1.165, 1.54) is 24.3 Å². The van der Waals surface area contributed by atoms with Crippen molar-refractivity contribution >= 4 is 24.2 Å². The first-order valence-electron chi connectivity index (χ1n) is 3.99. The van der Waals surface area contributed by atoms with E-state index in [9.17, 15) is 14.9 Å². The van der Waals surface area contributed by atoms with Crippen LogP contribution in [0.15, 0.2) is 24.3 Å². The Kier molecular flexibility index (Phi) is 3.64. The maximum absolute atomic E-state index is 11.1. The minimum atomic E-state index is -0.726. The van der Waals surface area contributed by atoms with E-state index in [2.05, 4.69) is 12.6 Å². The molecule has 80 valence electrons. The van der Waals surface area contributed by atoms with Gasteiger partial charge in [-0.3, -0.25) is 20.3 Å². The molecule has 0 radical (unpaired) electrons. The van der Waals surface area contributed by atoms with Crippen LogP contribution in [0.4, 0.5) is 5.69 Å². The van der Waals surface area contributed by atoms with Gasteiger partial charge in [-0.2, -0.15) is 12.6 Å². The second-order valence-electron chi connectivity index (χ2n) is 2.76. The van der Waals surface area contributed by atoms with E-state index in [-0.39, 0.29) is 5.69 Å². The second kappa shape index (κ2) is 4.76. The summed E-state index contributed by atoms with van der Waals surface area (Å²) in [6.45, 7) is 0. The molecule has 1 amide bonds. The number of carbonyl (C=O) groups excluding carboxylic acids is 1. The molecule has 0 bridgehead atoms. The van der Waals surface area contributed by atoms with Crippen molar-refractivity contribution in [2.45, 2.75) is 5.25 Å². The summed E-state index contributed by atoms with van der Waals surface area (Å²) in [7, 11) is 0. The molecule has 0 aliphatic rings.